The molecule has 3 heterocycles. The molecule has 2 aromatic carbocycles. The number of halogens is 1. The molecule has 1 amide bonds. The number of carbonyl (C=O) groups excluding carboxylic acids is 1. The Kier molecular flexibility index (Phi) is 5.13. The largest absolute Gasteiger partial charge is 0.326 e. The summed E-state index contributed by atoms with van der Waals surface area (Å²) in [6.45, 7) is 0. The number of nitrogens with one attached hydrogen (secondary N) is 1. The van der Waals surface area contributed by atoms with Crippen LogP contribution in [0.15, 0.2) is 91.4 Å². The molecule has 0 unspecified atom stereocenters. The van der Waals surface area contributed by atoms with Gasteiger partial charge in [-0.3, -0.25) is 9.78 Å². The van der Waals surface area contributed by atoms with E-state index in [0.29, 0.717) is 5.69 Å². The highest BCUT2D eigenvalue weighted by Gasteiger charge is 2.11. The molecule has 6 nitrogen and oxygen atoms in total. The topological polar surface area (TPSA) is 72.2 Å². The Hall–Kier alpha value is -4.39. The quantitative estimate of drug-likeness (QED) is 0.442. The number of benzene rings is 2. The molecule has 0 saturated carbocycles. The Morgan fingerprint density at radius 3 is 2.53 bits per heavy atom. The van der Waals surface area contributed by atoms with Crippen LogP contribution >= 0.6 is 0 Å². The molecule has 3 aromatic heterocycles. The Balaban J connectivity index is 1.42. The van der Waals surface area contributed by atoms with Crippen LogP contribution < -0.4 is 5.32 Å². The minimum absolute atomic E-state index is 0.165. The minimum Gasteiger partial charge on any atom is -0.326 e. The lowest BCUT2D eigenvalue weighted by Crippen LogP contribution is -2.14. The van der Waals surface area contributed by atoms with Crippen molar-refractivity contribution in [2.75, 3.05) is 5.32 Å². The summed E-state index contributed by atoms with van der Waals surface area (Å²) in [7, 11) is 0. The predicted octanol–water partition coefficient (Wildman–Crippen LogP) is 4.78. The number of hydrogen-bond acceptors (Lipinski definition) is 4. The predicted molar refractivity (Wildman–Crippen MR) is 120 cm³/mol. The van der Waals surface area contributed by atoms with E-state index in [1.165, 1.54) is 12.1 Å². The molecule has 0 saturated heterocycles. The summed E-state index contributed by atoms with van der Waals surface area (Å²) < 4.78 is 14.9. The fraction of sp³-hybridized carbons (Fsp3) is 0.0400. The maximum Gasteiger partial charge on any atom is 0.228 e. The second kappa shape index (κ2) is 8.39. The highest BCUT2D eigenvalue weighted by Crippen LogP contribution is 2.25. The maximum atomic E-state index is 13.1. The van der Waals surface area contributed by atoms with E-state index in [1.54, 1.807) is 35.2 Å². The van der Waals surface area contributed by atoms with Gasteiger partial charge in [0.05, 0.1) is 17.8 Å². The van der Waals surface area contributed by atoms with Gasteiger partial charge in [0.15, 0.2) is 5.65 Å². The molecular formula is C25H18FN5O. The van der Waals surface area contributed by atoms with Gasteiger partial charge in [0.2, 0.25) is 5.91 Å². The number of pyridine rings is 1. The van der Waals surface area contributed by atoms with Crippen LogP contribution in [0.1, 0.15) is 5.56 Å². The summed E-state index contributed by atoms with van der Waals surface area (Å²) in [5.41, 5.74) is 5.64. The number of aromatic nitrogens is 4. The first-order valence-corrected chi connectivity index (χ1v) is 10.1. The Labute approximate surface area is 183 Å². The summed E-state index contributed by atoms with van der Waals surface area (Å²) in [5, 5.41) is 7.63. The fourth-order valence-corrected chi connectivity index (χ4v) is 3.53. The standard InChI is InChI=1S/C25H18FN5O/c26-20-6-4-17(5-7-20)14-25(32)29-21-3-1-2-19(15-21)23-10-13-28-24-16-22(30-31(23)24)18-8-11-27-12-9-18/h1-13,15-16H,14H2,(H,29,32). The Morgan fingerprint density at radius 1 is 0.906 bits per heavy atom. The molecular weight excluding hydrogens is 405 g/mol. The van der Waals surface area contributed by atoms with Gasteiger partial charge in [0.1, 0.15) is 5.82 Å². The van der Waals surface area contributed by atoms with Crippen LogP contribution in [0.25, 0.3) is 28.2 Å². The molecule has 0 atom stereocenters. The highest BCUT2D eigenvalue weighted by atomic mass is 19.1. The monoisotopic (exact) mass is 423 g/mol. The molecule has 0 bridgehead atoms. The average molecular weight is 423 g/mol. The van der Waals surface area contributed by atoms with Gasteiger partial charge in [-0.05, 0) is 48.0 Å². The van der Waals surface area contributed by atoms with E-state index >= 15 is 0 Å². The number of fused-ring (bicyclic) bond motifs is 1. The van der Waals surface area contributed by atoms with E-state index in [2.05, 4.69) is 15.3 Å². The van der Waals surface area contributed by atoms with Gasteiger partial charge < -0.3 is 5.32 Å². The summed E-state index contributed by atoms with van der Waals surface area (Å²) in [6.07, 6.45) is 5.36. The molecule has 0 radical (unpaired) electrons. The summed E-state index contributed by atoms with van der Waals surface area (Å²) >= 11 is 0. The van der Waals surface area contributed by atoms with Crippen molar-refractivity contribution in [2.24, 2.45) is 0 Å². The molecule has 1 N–H and O–H groups in total. The van der Waals surface area contributed by atoms with Gasteiger partial charge >= 0.3 is 0 Å². The zero-order valence-corrected chi connectivity index (χ0v) is 16.9. The van der Waals surface area contributed by atoms with Gasteiger partial charge in [0, 0.05) is 41.5 Å². The van der Waals surface area contributed by atoms with E-state index in [0.717, 1.165) is 33.7 Å². The number of carbonyl (C=O) groups is 1. The van der Waals surface area contributed by atoms with Crippen molar-refractivity contribution in [3.8, 4) is 22.5 Å². The number of hydrogen-bond donors (Lipinski definition) is 1. The van der Waals surface area contributed by atoms with Crippen LogP contribution in [-0.4, -0.2) is 25.5 Å². The molecule has 0 aliphatic carbocycles. The number of rotatable bonds is 5. The third kappa shape index (κ3) is 4.09. The lowest BCUT2D eigenvalue weighted by Gasteiger charge is -2.09. The maximum absolute atomic E-state index is 13.1. The van der Waals surface area contributed by atoms with E-state index in [-0.39, 0.29) is 18.1 Å². The van der Waals surface area contributed by atoms with Gasteiger partial charge in [-0.2, -0.15) is 5.10 Å². The van der Waals surface area contributed by atoms with Crippen LogP contribution in [0, 0.1) is 5.82 Å². The van der Waals surface area contributed by atoms with Crippen molar-refractivity contribution >= 4 is 17.2 Å². The number of anilines is 1. The molecule has 0 spiro atoms. The van der Waals surface area contributed by atoms with Gasteiger partial charge in [0.25, 0.3) is 0 Å². The van der Waals surface area contributed by atoms with Crippen molar-refractivity contribution < 1.29 is 9.18 Å². The Morgan fingerprint density at radius 2 is 1.72 bits per heavy atom. The van der Waals surface area contributed by atoms with Crippen LogP contribution in [0.4, 0.5) is 10.1 Å². The highest BCUT2D eigenvalue weighted by molar-refractivity contribution is 5.93. The second-order valence-corrected chi connectivity index (χ2v) is 7.30. The lowest BCUT2D eigenvalue weighted by atomic mass is 10.1. The average Bonchev–Trinajstić information content (AvgIpc) is 3.26. The van der Waals surface area contributed by atoms with Gasteiger partial charge in [-0.1, -0.05) is 24.3 Å². The summed E-state index contributed by atoms with van der Waals surface area (Å²) in [6, 6.07) is 21.1. The molecule has 5 rings (SSSR count). The van der Waals surface area contributed by atoms with Crippen molar-refractivity contribution in [1.82, 2.24) is 19.6 Å². The first-order chi connectivity index (χ1) is 15.7. The van der Waals surface area contributed by atoms with Crippen molar-refractivity contribution in [1.29, 1.82) is 0 Å². The summed E-state index contributed by atoms with van der Waals surface area (Å²) in [5.74, 6) is -0.496. The first kappa shape index (κ1) is 19.6. The SMILES string of the molecule is O=C(Cc1ccc(F)cc1)Nc1cccc(-c2ccnc3cc(-c4ccncc4)nn23)c1. The number of nitrogens with zero attached hydrogens (tertiary/aromatic N) is 4. The van der Waals surface area contributed by atoms with Crippen LogP contribution in [0.2, 0.25) is 0 Å². The molecule has 0 aliphatic rings. The fourth-order valence-electron chi connectivity index (χ4n) is 3.53. The number of amides is 1. The van der Waals surface area contributed by atoms with E-state index in [4.69, 9.17) is 5.10 Å². The molecule has 0 fully saturated rings. The molecule has 156 valence electrons. The van der Waals surface area contributed by atoms with E-state index in [1.807, 2.05) is 48.5 Å². The molecule has 32 heavy (non-hydrogen) atoms. The normalized spacial score (nSPS) is 10.9. The molecule has 7 heteroatoms. The summed E-state index contributed by atoms with van der Waals surface area (Å²) in [4.78, 5) is 20.9. The van der Waals surface area contributed by atoms with Crippen LogP contribution in [0.3, 0.4) is 0 Å². The molecule has 5 aromatic rings. The van der Waals surface area contributed by atoms with Crippen molar-refractivity contribution in [3.05, 3.63) is 103 Å². The van der Waals surface area contributed by atoms with Gasteiger partial charge in [-0.15, -0.1) is 0 Å². The van der Waals surface area contributed by atoms with Crippen molar-refractivity contribution in [3.63, 3.8) is 0 Å². The lowest BCUT2D eigenvalue weighted by molar-refractivity contribution is -0.115. The van der Waals surface area contributed by atoms with E-state index in [9.17, 15) is 9.18 Å². The van der Waals surface area contributed by atoms with Crippen LogP contribution in [0.5, 0.6) is 0 Å². The second-order valence-electron chi connectivity index (χ2n) is 7.30. The molecule has 0 aliphatic heterocycles. The zero-order valence-electron chi connectivity index (χ0n) is 16.9. The first-order valence-electron chi connectivity index (χ1n) is 10.1. The minimum atomic E-state index is -0.323. The van der Waals surface area contributed by atoms with Crippen LogP contribution in [-0.2, 0) is 11.2 Å². The smallest absolute Gasteiger partial charge is 0.228 e. The van der Waals surface area contributed by atoms with Gasteiger partial charge in [-0.25, -0.2) is 13.9 Å². The van der Waals surface area contributed by atoms with Crippen molar-refractivity contribution in [2.45, 2.75) is 6.42 Å². The van der Waals surface area contributed by atoms with E-state index < -0.39 is 0 Å². The third-order valence-corrected chi connectivity index (χ3v) is 5.05. The Bertz CT molecular complexity index is 1400. The third-order valence-electron chi connectivity index (χ3n) is 5.05. The zero-order chi connectivity index (χ0) is 21.9.